The number of fused-ring (bicyclic) bond motifs is 1. The second-order valence-electron chi connectivity index (χ2n) is 3.92. The van der Waals surface area contributed by atoms with Crippen LogP contribution in [0.25, 0.3) is 11.1 Å². The third kappa shape index (κ3) is 1.72. The van der Waals surface area contributed by atoms with Crippen molar-refractivity contribution in [2.45, 2.75) is 0 Å². The van der Waals surface area contributed by atoms with Crippen LogP contribution in [0.3, 0.4) is 0 Å². The highest BCUT2D eigenvalue weighted by Crippen LogP contribution is 2.38. The molecular formula is C14H9FO3. The average Bonchev–Trinajstić information content (AvgIpc) is 2.85. The highest BCUT2D eigenvalue weighted by Gasteiger charge is 2.17. The van der Waals surface area contributed by atoms with Gasteiger partial charge in [0.25, 0.3) is 0 Å². The van der Waals surface area contributed by atoms with E-state index in [1.807, 2.05) is 0 Å². The maximum atomic E-state index is 12.9. The maximum Gasteiger partial charge on any atom is 0.231 e. The number of rotatable bonds is 2. The number of hydrogen-bond acceptors (Lipinski definition) is 3. The minimum Gasteiger partial charge on any atom is -0.454 e. The Balaban J connectivity index is 2.16. The first kappa shape index (κ1) is 10.8. The van der Waals surface area contributed by atoms with Crippen molar-refractivity contribution < 1.29 is 18.7 Å². The molecule has 3 rings (SSSR count). The summed E-state index contributed by atoms with van der Waals surface area (Å²) < 4.78 is 23.4. The van der Waals surface area contributed by atoms with Gasteiger partial charge in [-0.25, -0.2) is 4.39 Å². The van der Waals surface area contributed by atoms with Crippen LogP contribution in [0.15, 0.2) is 36.4 Å². The van der Waals surface area contributed by atoms with Crippen molar-refractivity contribution >= 4 is 6.29 Å². The number of carbonyl (C=O) groups is 1. The van der Waals surface area contributed by atoms with E-state index in [0.29, 0.717) is 22.6 Å². The molecule has 0 aromatic heterocycles. The summed E-state index contributed by atoms with van der Waals surface area (Å²) >= 11 is 0. The van der Waals surface area contributed by atoms with Crippen LogP contribution < -0.4 is 9.47 Å². The smallest absolute Gasteiger partial charge is 0.231 e. The molecule has 0 saturated carbocycles. The van der Waals surface area contributed by atoms with Crippen molar-refractivity contribution in [2.75, 3.05) is 6.79 Å². The number of ether oxygens (including phenoxy) is 2. The zero-order chi connectivity index (χ0) is 12.5. The van der Waals surface area contributed by atoms with Crippen LogP contribution >= 0.6 is 0 Å². The van der Waals surface area contributed by atoms with Gasteiger partial charge in [-0.15, -0.1) is 0 Å². The average molecular weight is 244 g/mol. The summed E-state index contributed by atoms with van der Waals surface area (Å²) in [6.07, 6.45) is 0.751. The normalized spacial score (nSPS) is 12.5. The molecule has 2 aromatic rings. The highest BCUT2D eigenvalue weighted by atomic mass is 19.1. The van der Waals surface area contributed by atoms with E-state index in [4.69, 9.17) is 9.47 Å². The summed E-state index contributed by atoms with van der Waals surface area (Å²) in [5.74, 6) is 0.843. The maximum absolute atomic E-state index is 12.9. The predicted molar refractivity (Wildman–Crippen MR) is 63.3 cm³/mol. The van der Waals surface area contributed by atoms with Gasteiger partial charge in [-0.2, -0.15) is 0 Å². The molecule has 1 aliphatic rings. The summed E-state index contributed by atoms with van der Waals surface area (Å²) in [4.78, 5) is 11.1. The Morgan fingerprint density at radius 1 is 1.06 bits per heavy atom. The molecule has 90 valence electrons. The Bertz CT molecular complexity index is 605. The number of halogens is 1. The van der Waals surface area contributed by atoms with Crippen LogP contribution in [0, 0.1) is 5.82 Å². The summed E-state index contributed by atoms with van der Waals surface area (Å²) in [5, 5.41) is 0. The number of aldehydes is 1. The third-order valence-corrected chi connectivity index (χ3v) is 2.83. The first-order valence-electron chi connectivity index (χ1n) is 5.43. The summed E-state index contributed by atoms with van der Waals surface area (Å²) in [7, 11) is 0. The SMILES string of the molecule is O=Cc1cc2c(cc1-c1ccc(F)cc1)OCO2. The Labute approximate surface area is 103 Å². The second kappa shape index (κ2) is 4.14. The lowest BCUT2D eigenvalue weighted by Crippen LogP contribution is -1.92. The third-order valence-electron chi connectivity index (χ3n) is 2.83. The number of benzene rings is 2. The molecular weight excluding hydrogens is 235 g/mol. The summed E-state index contributed by atoms with van der Waals surface area (Å²) in [6.45, 7) is 0.153. The zero-order valence-corrected chi connectivity index (χ0v) is 9.35. The van der Waals surface area contributed by atoms with Crippen LogP contribution in [-0.4, -0.2) is 13.1 Å². The van der Waals surface area contributed by atoms with Crippen molar-refractivity contribution in [3.8, 4) is 22.6 Å². The monoisotopic (exact) mass is 244 g/mol. The van der Waals surface area contributed by atoms with E-state index >= 15 is 0 Å². The fraction of sp³-hybridized carbons (Fsp3) is 0.0714. The number of carbonyl (C=O) groups excluding carboxylic acids is 1. The van der Waals surface area contributed by atoms with Gasteiger partial charge in [0.05, 0.1) is 0 Å². The van der Waals surface area contributed by atoms with E-state index < -0.39 is 0 Å². The van der Waals surface area contributed by atoms with E-state index in [0.717, 1.165) is 11.8 Å². The van der Waals surface area contributed by atoms with Gasteiger partial charge in [0, 0.05) is 5.56 Å². The van der Waals surface area contributed by atoms with Crippen molar-refractivity contribution in [1.82, 2.24) is 0 Å². The molecule has 0 aliphatic carbocycles. The lowest BCUT2D eigenvalue weighted by molar-refractivity contribution is 0.112. The lowest BCUT2D eigenvalue weighted by atomic mass is 9.99. The Hall–Kier alpha value is -2.36. The van der Waals surface area contributed by atoms with Crippen molar-refractivity contribution in [3.63, 3.8) is 0 Å². The standard InChI is InChI=1S/C14H9FO3/c15-11-3-1-9(2-4-11)12-6-14-13(17-8-18-14)5-10(12)7-16/h1-7H,8H2. The second-order valence-corrected chi connectivity index (χ2v) is 3.92. The molecule has 0 bridgehead atoms. The quantitative estimate of drug-likeness (QED) is 0.762. The van der Waals surface area contributed by atoms with Gasteiger partial charge in [-0.05, 0) is 35.4 Å². The molecule has 0 radical (unpaired) electrons. The van der Waals surface area contributed by atoms with Crippen molar-refractivity contribution in [1.29, 1.82) is 0 Å². The Kier molecular flexibility index (Phi) is 2.48. The van der Waals surface area contributed by atoms with Gasteiger partial charge in [-0.1, -0.05) is 12.1 Å². The van der Waals surface area contributed by atoms with E-state index in [1.54, 1.807) is 24.3 Å². The fourth-order valence-corrected chi connectivity index (χ4v) is 1.93. The lowest BCUT2D eigenvalue weighted by Gasteiger charge is -2.07. The first-order valence-corrected chi connectivity index (χ1v) is 5.43. The van der Waals surface area contributed by atoms with Gasteiger partial charge in [0.1, 0.15) is 5.82 Å². The topological polar surface area (TPSA) is 35.5 Å². The Morgan fingerprint density at radius 2 is 1.72 bits per heavy atom. The van der Waals surface area contributed by atoms with Gasteiger partial charge < -0.3 is 9.47 Å². The van der Waals surface area contributed by atoms with Gasteiger partial charge in [-0.3, -0.25) is 4.79 Å². The Morgan fingerprint density at radius 3 is 2.39 bits per heavy atom. The van der Waals surface area contributed by atoms with Crippen LogP contribution in [0.1, 0.15) is 10.4 Å². The van der Waals surface area contributed by atoms with E-state index in [9.17, 15) is 9.18 Å². The van der Waals surface area contributed by atoms with Crippen LogP contribution in [0.4, 0.5) is 4.39 Å². The highest BCUT2D eigenvalue weighted by molar-refractivity contribution is 5.89. The molecule has 0 saturated heterocycles. The largest absolute Gasteiger partial charge is 0.454 e. The van der Waals surface area contributed by atoms with Crippen LogP contribution in [-0.2, 0) is 0 Å². The number of hydrogen-bond donors (Lipinski definition) is 0. The molecule has 1 heterocycles. The molecule has 0 fully saturated rings. The molecule has 0 N–H and O–H groups in total. The van der Waals surface area contributed by atoms with E-state index in [-0.39, 0.29) is 12.6 Å². The molecule has 1 aliphatic heterocycles. The van der Waals surface area contributed by atoms with Gasteiger partial charge >= 0.3 is 0 Å². The van der Waals surface area contributed by atoms with Crippen LogP contribution in [0.2, 0.25) is 0 Å². The first-order chi connectivity index (χ1) is 8.78. The molecule has 0 amide bonds. The summed E-state index contributed by atoms with van der Waals surface area (Å²) in [5.41, 5.74) is 1.96. The molecule has 18 heavy (non-hydrogen) atoms. The molecule has 3 nitrogen and oxygen atoms in total. The van der Waals surface area contributed by atoms with Crippen molar-refractivity contribution in [2.24, 2.45) is 0 Å². The summed E-state index contributed by atoms with van der Waals surface area (Å²) in [6, 6.07) is 9.33. The van der Waals surface area contributed by atoms with Gasteiger partial charge in [0.15, 0.2) is 17.8 Å². The predicted octanol–water partition coefficient (Wildman–Crippen LogP) is 3.03. The van der Waals surface area contributed by atoms with E-state index in [1.165, 1.54) is 12.1 Å². The minimum absolute atomic E-state index is 0.153. The zero-order valence-electron chi connectivity index (χ0n) is 9.35. The molecule has 0 spiro atoms. The molecule has 2 aromatic carbocycles. The van der Waals surface area contributed by atoms with Crippen LogP contribution in [0.5, 0.6) is 11.5 Å². The van der Waals surface area contributed by atoms with Gasteiger partial charge in [0.2, 0.25) is 6.79 Å². The van der Waals surface area contributed by atoms with E-state index in [2.05, 4.69) is 0 Å². The minimum atomic E-state index is -0.313. The molecule has 0 atom stereocenters. The molecule has 0 unspecified atom stereocenters. The molecule has 4 heteroatoms. The van der Waals surface area contributed by atoms with Crippen molar-refractivity contribution in [3.05, 3.63) is 47.8 Å². The fourth-order valence-electron chi connectivity index (χ4n) is 1.93.